The quantitative estimate of drug-likeness (QED) is 0.0302. The summed E-state index contributed by atoms with van der Waals surface area (Å²) in [5.41, 5.74) is -0.986. The van der Waals surface area contributed by atoms with Gasteiger partial charge in [0.05, 0.1) is 26.1 Å². The van der Waals surface area contributed by atoms with Gasteiger partial charge in [0.25, 0.3) is 41.5 Å². The molecule has 20 nitrogen and oxygen atoms in total. The summed E-state index contributed by atoms with van der Waals surface area (Å²) in [5, 5.41) is 20.7. The molecule has 2 saturated heterocycles. The summed E-state index contributed by atoms with van der Waals surface area (Å²) in [6.45, 7) is 6.79. The van der Waals surface area contributed by atoms with Crippen molar-refractivity contribution in [3.05, 3.63) is 94.9 Å². The molecule has 334 valence electrons. The van der Waals surface area contributed by atoms with Crippen LogP contribution in [0.2, 0.25) is 0 Å². The molecule has 0 aromatic heterocycles. The Bertz CT molecular complexity index is 2030. The van der Waals surface area contributed by atoms with Crippen LogP contribution in [-0.4, -0.2) is 94.8 Å². The standard InChI is InChI=1S/C42H46O20/c1-6-40(22-24-54-28(4)45)57-33(47)29(34(48)58-40)15-11-8-12-16-31-37(51)61-42(62-38(31)52)19-17-41(18-20-42)59-35(49)30(36(50)60-41)14-10-7-9-13-26(2)32(46)56-39(5,55-25-43)21-23-53-27(3)44/h7-16,25,46-47H,6,17-24H2,1-5H3/b10-7+,12-8+,13-9+,15-11+,30-14?,31-16?,32-26+. The maximum absolute atomic E-state index is 12.9. The molecule has 62 heavy (non-hydrogen) atoms. The number of hydrogen-bond acceptors (Lipinski definition) is 20. The second-order valence-corrected chi connectivity index (χ2v) is 14.1. The number of aliphatic hydroxyl groups is 2. The van der Waals surface area contributed by atoms with Crippen LogP contribution in [0, 0.1) is 0 Å². The van der Waals surface area contributed by atoms with Crippen molar-refractivity contribution in [2.24, 2.45) is 0 Å². The lowest BCUT2D eigenvalue weighted by atomic mass is 9.87. The Kier molecular flexibility index (Phi) is 15.7. The van der Waals surface area contributed by atoms with E-state index in [0.29, 0.717) is 0 Å². The van der Waals surface area contributed by atoms with Gasteiger partial charge in [-0.3, -0.25) is 14.4 Å². The number of esters is 7. The van der Waals surface area contributed by atoms with Crippen LogP contribution in [0.3, 0.4) is 0 Å². The molecule has 0 aromatic carbocycles. The molecule has 3 fully saturated rings. The van der Waals surface area contributed by atoms with Crippen LogP contribution < -0.4 is 0 Å². The van der Waals surface area contributed by atoms with Crippen LogP contribution in [0.4, 0.5) is 0 Å². The summed E-state index contributed by atoms with van der Waals surface area (Å²) in [6.07, 6.45) is 12.4. The first-order chi connectivity index (χ1) is 29.3. The molecule has 2 N–H and O–H groups in total. The van der Waals surface area contributed by atoms with E-state index in [0.717, 1.165) is 12.2 Å². The molecule has 1 aliphatic carbocycles. The Morgan fingerprint density at radius 2 is 1.21 bits per heavy atom. The van der Waals surface area contributed by atoms with E-state index in [1.807, 2.05) is 0 Å². The van der Waals surface area contributed by atoms with Gasteiger partial charge in [-0.15, -0.1) is 0 Å². The average Bonchev–Trinajstić information content (AvgIpc) is 3.18. The zero-order chi connectivity index (χ0) is 45.7. The van der Waals surface area contributed by atoms with Crippen molar-refractivity contribution in [3.8, 4) is 0 Å². The zero-order valence-electron chi connectivity index (χ0n) is 34.5. The van der Waals surface area contributed by atoms with E-state index in [9.17, 15) is 48.6 Å². The van der Waals surface area contributed by atoms with E-state index >= 15 is 0 Å². The van der Waals surface area contributed by atoms with Crippen molar-refractivity contribution in [1.29, 1.82) is 0 Å². The lowest BCUT2D eigenvalue weighted by Gasteiger charge is -2.45. The number of carbonyl (C=O) groups excluding carboxylic acids is 8. The Morgan fingerprint density at radius 1 is 0.710 bits per heavy atom. The lowest BCUT2D eigenvalue weighted by molar-refractivity contribution is -0.291. The van der Waals surface area contributed by atoms with Gasteiger partial charge >= 0.3 is 41.8 Å². The Morgan fingerprint density at radius 3 is 1.68 bits per heavy atom. The first-order valence-corrected chi connectivity index (χ1v) is 19.1. The minimum absolute atomic E-state index is 0.0178. The first-order valence-electron chi connectivity index (χ1n) is 19.1. The highest BCUT2D eigenvalue weighted by molar-refractivity contribution is 6.16. The Labute approximate surface area is 354 Å². The molecule has 0 bridgehead atoms. The number of allylic oxidation sites excluding steroid dienone is 10. The third kappa shape index (κ3) is 12.5. The van der Waals surface area contributed by atoms with Crippen LogP contribution in [0.5, 0.6) is 0 Å². The van der Waals surface area contributed by atoms with Crippen LogP contribution in [0.15, 0.2) is 94.9 Å². The van der Waals surface area contributed by atoms with Gasteiger partial charge in [0, 0.05) is 58.4 Å². The molecule has 1 saturated carbocycles. The highest BCUT2D eigenvalue weighted by Crippen LogP contribution is 2.45. The first kappa shape index (κ1) is 47.6. The molecule has 2 unspecified atom stereocenters. The molecule has 0 radical (unpaired) electrons. The van der Waals surface area contributed by atoms with E-state index < -0.39 is 88.0 Å². The predicted octanol–water partition coefficient (Wildman–Crippen LogP) is 4.28. The summed E-state index contributed by atoms with van der Waals surface area (Å²) in [7, 11) is 0. The minimum Gasteiger partial charge on any atom is -0.481 e. The lowest BCUT2D eigenvalue weighted by Crippen LogP contribution is -2.56. The van der Waals surface area contributed by atoms with E-state index in [1.165, 1.54) is 76.3 Å². The molecule has 2 atom stereocenters. The maximum Gasteiger partial charge on any atom is 0.348 e. The number of ether oxygens (including phenoxy) is 10. The zero-order valence-corrected chi connectivity index (χ0v) is 34.5. The molecule has 3 heterocycles. The summed E-state index contributed by atoms with van der Waals surface area (Å²) in [5.74, 6) is -13.8. The molecule has 4 rings (SSSR count). The number of aliphatic hydroxyl groups excluding tert-OH is 2. The molecule has 3 aliphatic heterocycles. The molecular formula is C42H46O20. The van der Waals surface area contributed by atoms with Crippen molar-refractivity contribution in [2.45, 2.75) is 103 Å². The SMILES string of the molecule is CCC1(CCOC(C)=O)OC(=O)C(/C=C/C=C/C=C2C(=O)OC3(CCC4(CC3)OC(=O)C(=C/C=C/C=C/C(C)=C(\O)OC(C)(CCOC(C)=O)OC=O)C(=O)O4)OC2=O)=C(O)O1. The van der Waals surface area contributed by atoms with Crippen molar-refractivity contribution in [2.75, 3.05) is 13.2 Å². The maximum atomic E-state index is 12.9. The summed E-state index contributed by atoms with van der Waals surface area (Å²) in [4.78, 5) is 97.3. The minimum atomic E-state index is -1.71. The van der Waals surface area contributed by atoms with Gasteiger partial charge in [0.1, 0.15) is 16.7 Å². The van der Waals surface area contributed by atoms with E-state index in [-0.39, 0.29) is 75.8 Å². The van der Waals surface area contributed by atoms with Crippen LogP contribution in [-0.2, 0) is 85.7 Å². The molecule has 0 amide bonds. The smallest absolute Gasteiger partial charge is 0.348 e. The van der Waals surface area contributed by atoms with Crippen molar-refractivity contribution < 1.29 is 95.9 Å². The average molecular weight is 871 g/mol. The largest absolute Gasteiger partial charge is 0.481 e. The van der Waals surface area contributed by atoms with E-state index in [1.54, 1.807) is 6.92 Å². The Balaban J connectivity index is 1.29. The van der Waals surface area contributed by atoms with Gasteiger partial charge < -0.3 is 57.6 Å². The second-order valence-electron chi connectivity index (χ2n) is 14.1. The van der Waals surface area contributed by atoms with Crippen LogP contribution in [0.25, 0.3) is 0 Å². The topological polar surface area (TPSA) is 269 Å². The monoisotopic (exact) mass is 870 g/mol. The summed E-state index contributed by atoms with van der Waals surface area (Å²) in [6, 6.07) is 0. The highest BCUT2D eigenvalue weighted by Gasteiger charge is 2.56. The highest BCUT2D eigenvalue weighted by atomic mass is 16.8. The fourth-order valence-electron chi connectivity index (χ4n) is 6.03. The number of rotatable bonds is 17. The Hall–Kier alpha value is -7.12. The molecule has 0 aromatic rings. The third-order valence-corrected chi connectivity index (χ3v) is 9.49. The van der Waals surface area contributed by atoms with Gasteiger partial charge in [0.15, 0.2) is 0 Å². The van der Waals surface area contributed by atoms with Crippen LogP contribution >= 0.6 is 0 Å². The van der Waals surface area contributed by atoms with Crippen molar-refractivity contribution >= 4 is 48.3 Å². The van der Waals surface area contributed by atoms with E-state index in [2.05, 4.69) is 0 Å². The van der Waals surface area contributed by atoms with Crippen LogP contribution in [0.1, 0.15) is 79.6 Å². The van der Waals surface area contributed by atoms with Gasteiger partial charge in [-0.25, -0.2) is 24.0 Å². The van der Waals surface area contributed by atoms with Gasteiger partial charge in [-0.1, -0.05) is 49.5 Å². The normalized spacial score (nSPS) is 25.4. The van der Waals surface area contributed by atoms with E-state index in [4.69, 9.17) is 47.4 Å². The van der Waals surface area contributed by atoms with Gasteiger partial charge in [0.2, 0.25) is 0 Å². The summed E-state index contributed by atoms with van der Waals surface area (Å²) >= 11 is 0. The molecule has 20 heteroatoms. The fraction of sp³-hybridized carbons (Fsp3) is 0.429. The fourth-order valence-corrected chi connectivity index (χ4v) is 6.03. The van der Waals surface area contributed by atoms with Gasteiger partial charge in [-0.05, 0) is 25.2 Å². The number of carbonyl (C=O) groups is 8. The van der Waals surface area contributed by atoms with Crippen molar-refractivity contribution in [1.82, 2.24) is 0 Å². The number of hydrogen-bond donors (Lipinski definition) is 2. The molecular weight excluding hydrogens is 824 g/mol. The second kappa shape index (κ2) is 20.4. The predicted molar refractivity (Wildman–Crippen MR) is 205 cm³/mol. The van der Waals surface area contributed by atoms with Crippen molar-refractivity contribution in [3.63, 3.8) is 0 Å². The number of cyclic esters (lactones) is 1. The summed E-state index contributed by atoms with van der Waals surface area (Å²) < 4.78 is 52.8. The molecule has 4 aliphatic rings. The van der Waals surface area contributed by atoms with Gasteiger partial charge in [-0.2, -0.15) is 0 Å². The third-order valence-electron chi connectivity index (χ3n) is 9.49. The molecule has 2 spiro atoms.